The van der Waals surface area contributed by atoms with E-state index in [1.165, 1.54) is 17.8 Å². The molecule has 14 heteroatoms. The Balaban J connectivity index is 1.76. The Morgan fingerprint density at radius 1 is 1.58 bits per heavy atom. The van der Waals surface area contributed by atoms with E-state index in [9.17, 15) is 18.8 Å². The number of hydrogen-bond acceptors (Lipinski definition) is 10. The second-order valence-corrected chi connectivity index (χ2v) is 6.85. The van der Waals surface area contributed by atoms with Crippen LogP contribution in [0.5, 0.6) is 0 Å². The van der Waals surface area contributed by atoms with Crippen molar-refractivity contribution in [1.29, 1.82) is 0 Å². The van der Waals surface area contributed by atoms with Gasteiger partial charge in [-0.05, 0) is 6.08 Å². The first-order valence-electron chi connectivity index (χ1n) is 6.98. The lowest BCUT2D eigenvalue weighted by Crippen LogP contribution is -2.70. The summed E-state index contributed by atoms with van der Waals surface area (Å²) in [6.45, 7) is -1.28. The maximum Gasteiger partial charge on any atom is 0.352 e. The zero-order valence-electron chi connectivity index (χ0n) is 12.8. The van der Waals surface area contributed by atoms with Crippen molar-refractivity contribution in [3.8, 4) is 0 Å². The van der Waals surface area contributed by atoms with E-state index in [-0.39, 0.29) is 16.7 Å². The number of anilines is 1. The number of nitrogens with two attached hydrogens (primary N) is 1. The van der Waals surface area contributed by atoms with Crippen LogP contribution < -0.4 is 11.1 Å². The molecule has 4 N–H and O–H groups in total. The second-order valence-electron chi connectivity index (χ2n) is 4.91. The number of carboxylic acid groups (broad SMARTS) is 1. The summed E-state index contributed by atoms with van der Waals surface area (Å²) in [5.41, 5.74) is 4.88. The predicted molar refractivity (Wildman–Crippen MR) is 88.7 cm³/mol. The molecule has 0 aliphatic carbocycles. The molecule has 0 radical (unpaired) electrons. The van der Waals surface area contributed by atoms with Crippen molar-refractivity contribution in [2.24, 2.45) is 5.16 Å². The quantitative estimate of drug-likeness (QED) is 0.312. The molecule has 11 nitrogen and oxygen atoms in total. The molecular weight excluding hydrogens is 391 g/mol. The molecule has 1 aromatic heterocycles. The van der Waals surface area contributed by atoms with Crippen LogP contribution in [-0.4, -0.2) is 66.9 Å². The summed E-state index contributed by atoms with van der Waals surface area (Å²) in [7, 11) is 0. The molecule has 0 aromatic carbocycles. The van der Waals surface area contributed by atoms with Crippen LogP contribution in [0.25, 0.3) is 0 Å². The highest BCUT2D eigenvalue weighted by atomic mass is 32.2. The molecule has 2 aliphatic heterocycles. The van der Waals surface area contributed by atoms with Crippen molar-refractivity contribution in [3.05, 3.63) is 17.6 Å². The van der Waals surface area contributed by atoms with Gasteiger partial charge in [0.1, 0.15) is 17.1 Å². The van der Waals surface area contributed by atoms with Crippen molar-refractivity contribution in [2.45, 2.75) is 11.4 Å². The lowest BCUT2D eigenvalue weighted by Gasteiger charge is -2.48. The number of aliphatic carboxylic acids is 1. The lowest BCUT2D eigenvalue weighted by molar-refractivity contribution is -0.150. The number of amides is 2. The molecule has 2 aliphatic rings. The number of carbonyl (C=O) groups is 3. The largest absolute Gasteiger partial charge is 0.477 e. The van der Waals surface area contributed by atoms with Crippen LogP contribution >= 0.6 is 23.3 Å². The van der Waals surface area contributed by atoms with Crippen LogP contribution in [0.1, 0.15) is 5.82 Å². The first-order chi connectivity index (χ1) is 12.4. The van der Waals surface area contributed by atoms with E-state index in [2.05, 4.69) is 24.7 Å². The smallest absolute Gasteiger partial charge is 0.352 e. The molecule has 1 saturated heterocycles. The van der Waals surface area contributed by atoms with E-state index in [4.69, 9.17) is 10.8 Å². The van der Waals surface area contributed by atoms with Crippen molar-refractivity contribution in [1.82, 2.24) is 19.6 Å². The Hall–Kier alpha value is -2.74. The zero-order valence-corrected chi connectivity index (χ0v) is 14.4. The number of hydrogen-bond donors (Lipinski definition) is 3. The van der Waals surface area contributed by atoms with Gasteiger partial charge in [-0.1, -0.05) is 5.16 Å². The molecule has 26 heavy (non-hydrogen) atoms. The van der Waals surface area contributed by atoms with Gasteiger partial charge in [0.05, 0.1) is 0 Å². The number of nitrogens with zero attached hydrogens (tertiary/aromatic N) is 4. The predicted octanol–water partition coefficient (Wildman–Crippen LogP) is -0.864. The van der Waals surface area contributed by atoms with Gasteiger partial charge < -0.3 is 21.0 Å². The average Bonchev–Trinajstić information content (AvgIpc) is 3.05. The van der Waals surface area contributed by atoms with Gasteiger partial charge in [0.25, 0.3) is 18.7 Å². The van der Waals surface area contributed by atoms with Crippen LogP contribution in [0.4, 0.5) is 9.52 Å². The summed E-state index contributed by atoms with van der Waals surface area (Å²) in [5.74, 6) is -2.49. The standard InChI is InChI=1S/C12H11FN6O5S2/c13-3-24-17-5(7-16-12(14)26-18-7)8(20)15-6-9(21)19-4(11(22)23)1-2-25-10(6)19/h1,6,10H,2-3H2,(H,15,20)(H,22,23)(H2,14,16,18)/b17-5-/t6?,10-/m0/s1. The maximum atomic E-state index is 12.4. The number of aromatic nitrogens is 2. The summed E-state index contributed by atoms with van der Waals surface area (Å²) >= 11 is 2.09. The fourth-order valence-corrected chi connectivity index (χ4v) is 3.98. The van der Waals surface area contributed by atoms with Gasteiger partial charge in [0.15, 0.2) is 5.13 Å². The van der Waals surface area contributed by atoms with E-state index in [0.29, 0.717) is 5.75 Å². The number of rotatable bonds is 6. The molecule has 3 heterocycles. The first kappa shape index (κ1) is 18.1. The van der Waals surface area contributed by atoms with Gasteiger partial charge in [0.2, 0.25) is 11.5 Å². The maximum absolute atomic E-state index is 12.4. The Bertz CT molecular complexity index is 827. The number of nitrogens with one attached hydrogen (secondary N) is 1. The molecule has 1 aromatic rings. The number of alkyl halides is 1. The van der Waals surface area contributed by atoms with E-state index >= 15 is 0 Å². The van der Waals surface area contributed by atoms with E-state index < -0.39 is 41.8 Å². The van der Waals surface area contributed by atoms with Crippen LogP contribution in [0.15, 0.2) is 16.9 Å². The number of nitrogen functional groups attached to an aromatic ring is 1. The average molecular weight is 402 g/mol. The first-order valence-corrected chi connectivity index (χ1v) is 8.80. The fraction of sp³-hybridized carbons (Fsp3) is 0.333. The molecular formula is C12H11FN6O5S2. The van der Waals surface area contributed by atoms with Crippen molar-refractivity contribution < 1.29 is 28.7 Å². The molecule has 0 bridgehead atoms. The van der Waals surface area contributed by atoms with E-state index in [1.807, 2.05) is 0 Å². The van der Waals surface area contributed by atoms with Crippen molar-refractivity contribution in [3.63, 3.8) is 0 Å². The Kier molecular flexibility index (Phi) is 5.03. The van der Waals surface area contributed by atoms with E-state index in [1.54, 1.807) is 0 Å². The summed E-state index contributed by atoms with van der Waals surface area (Å²) in [5, 5.41) is 14.4. The van der Waals surface area contributed by atoms with Crippen LogP contribution in [-0.2, 0) is 19.2 Å². The molecule has 138 valence electrons. The number of oxime groups is 1. The highest BCUT2D eigenvalue weighted by Crippen LogP contribution is 2.37. The highest BCUT2D eigenvalue weighted by Gasteiger charge is 2.53. The van der Waals surface area contributed by atoms with Crippen LogP contribution in [0.3, 0.4) is 0 Å². The van der Waals surface area contributed by atoms with Gasteiger partial charge in [-0.25, -0.2) is 9.18 Å². The lowest BCUT2D eigenvalue weighted by atomic mass is 10.0. The minimum atomic E-state index is -1.28. The normalized spacial score (nSPS) is 22.2. The van der Waals surface area contributed by atoms with Crippen LogP contribution in [0, 0.1) is 0 Å². The third-order valence-corrected chi connectivity index (χ3v) is 5.15. The molecule has 0 spiro atoms. The molecule has 0 saturated carbocycles. The topological polar surface area (TPSA) is 160 Å². The summed E-state index contributed by atoms with van der Waals surface area (Å²) in [6.07, 6.45) is 1.42. The van der Waals surface area contributed by atoms with Gasteiger partial charge in [-0.15, -0.1) is 11.8 Å². The van der Waals surface area contributed by atoms with Crippen molar-refractivity contribution in [2.75, 3.05) is 18.3 Å². The van der Waals surface area contributed by atoms with Crippen LogP contribution in [0.2, 0.25) is 0 Å². The summed E-state index contributed by atoms with van der Waals surface area (Å²) in [4.78, 5) is 45.0. The summed E-state index contributed by atoms with van der Waals surface area (Å²) in [6, 6.07) is -0.970. The SMILES string of the molecule is Nc1nc(/C(=N/OCF)C(=O)NC2C(=O)N3C(C(=O)O)=CCS[C@@H]23)ns1. The summed E-state index contributed by atoms with van der Waals surface area (Å²) < 4.78 is 16.0. The van der Waals surface area contributed by atoms with Gasteiger partial charge in [0, 0.05) is 17.3 Å². The van der Waals surface area contributed by atoms with E-state index in [0.717, 1.165) is 16.4 Å². The number of fused-ring (bicyclic) bond motifs is 1. The molecule has 2 atom stereocenters. The Labute approximate surface area is 153 Å². The fourth-order valence-electron chi connectivity index (χ4n) is 2.35. The van der Waals surface area contributed by atoms with Gasteiger partial charge in [-0.2, -0.15) is 9.36 Å². The second kappa shape index (κ2) is 7.25. The third kappa shape index (κ3) is 3.20. The molecule has 3 rings (SSSR count). The number of carbonyl (C=O) groups excluding carboxylic acids is 2. The van der Waals surface area contributed by atoms with Crippen molar-refractivity contribution >= 4 is 51.9 Å². The number of thioether (sulfide) groups is 1. The molecule has 1 unspecified atom stereocenters. The Morgan fingerprint density at radius 2 is 2.35 bits per heavy atom. The number of β-lactam (4-membered cyclic amide) rings is 1. The zero-order chi connectivity index (χ0) is 18.8. The Morgan fingerprint density at radius 3 is 2.96 bits per heavy atom. The monoisotopic (exact) mass is 402 g/mol. The minimum Gasteiger partial charge on any atom is -0.477 e. The molecule has 1 fully saturated rings. The van der Waals surface area contributed by atoms with Gasteiger partial charge in [-0.3, -0.25) is 14.5 Å². The highest BCUT2D eigenvalue weighted by molar-refractivity contribution is 8.00. The van der Waals surface area contributed by atoms with Gasteiger partial charge >= 0.3 is 5.97 Å². The molecule has 2 amide bonds. The number of halogens is 1. The number of carboxylic acids is 1. The third-order valence-electron chi connectivity index (χ3n) is 3.43. The minimum absolute atomic E-state index is 0.0608.